The van der Waals surface area contributed by atoms with Crippen LogP contribution in [0.5, 0.6) is 11.5 Å². The number of benzene rings is 2. The van der Waals surface area contributed by atoms with Gasteiger partial charge in [-0.2, -0.15) is 0 Å². The third kappa shape index (κ3) is 3.77. The number of amides is 1. The van der Waals surface area contributed by atoms with E-state index in [0.29, 0.717) is 22.9 Å². The van der Waals surface area contributed by atoms with Crippen molar-refractivity contribution in [1.82, 2.24) is 4.57 Å². The summed E-state index contributed by atoms with van der Waals surface area (Å²) < 4.78 is 16.8. The first kappa shape index (κ1) is 17.3. The van der Waals surface area contributed by atoms with E-state index < -0.39 is 5.76 Å². The minimum Gasteiger partial charge on any atom is -0.493 e. The maximum atomic E-state index is 12.2. The lowest BCUT2D eigenvalue weighted by Crippen LogP contribution is -2.24. The zero-order valence-corrected chi connectivity index (χ0v) is 14.4. The van der Waals surface area contributed by atoms with Crippen LogP contribution in [0.15, 0.2) is 63.9 Å². The number of hydrogen-bond donors (Lipinski definition) is 1. The molecule has 0 fully saturated rings. The summed E-state index contributed by atoms with van der Waals surface area (Å²) in [5.74, 6) is 0.516. The molecule has 1 heterocycles. The van der Waals surface area contributed by atoms with Crippen LogP contribution in [0.4, 0.5) is 5.69 Å². The number of carbonyl (C=O) groups excluding carboxylic acids is 1. The molecule has 0 saturated carbocycles. The van der Waals surface area contributed by atoms with Gasteiger partial charge in [0.15, 0.2) is 17.3 Å². The molecule has 1 amide bonds. The molecule has 2 aromatic carbocycles. The van der Waals surface area contributed by atoms with Crippen molar-refractivity contribution in [2.45, 2.75) is 6.54 Å². The zero-order valence-electron chi connectivity index (χ0n) is 14.4. The molecule has 3 rings (SSSR count). The first-order valence-corrected chi connectivity index (χ1v) is 7.88. The third-order valence-corrected chi connectivity index (χ3v) is 3.74. The molecule has 0 unspecified atom stereocenters. The molecule has 7 heteroatoms. The predicted molar refractivity (Wildman–Crippen MR) is 96.6 cm³/mol. The second-order valence-electron chi connectivity index (χ2n) is 5.47. The van der Waals surface area contributed by atoms with Crippen LogP contribution in [0, 0.1) is 0 Å². The van der Waals surface area contributed by atoms with Crippen molar-refractivity contribution in [3.05, 3.63) is 65.3 Å². The highest BCUT2D eigenvalue weighted by Gasteiger charge is 2.12. The van der Waals surface area contributed by atoms with Crippen molar-refractivity contribution in [1.29, 1.82) is 0 Å². The standard InChI is InChI=1S/C19H18N2O5/c1-24-15-9-8-14(10-16(15)25-2)20-18(22)12-21-11-17(26-19(21)23)13-6-4-3-5-7-13/h3-11H,12H2,1-2H3,(H,20,22). The number of oxazole rings is 1. The van der Waals surface area contributed by atoms with Gasteiger partial charge in [-0.15, -0.1) is 0 Å². The molecule has 0 saturated heterocycles. The smallest absolute Gasteiger partial charge is 0.419 e. The van der Waals surface area contributed by atoms with Crippen LogP contribution in [-0.4, -0.2) is 24.7 Å². The molecule has 7 nitrogen and oxygen atoms in total. The molecule has 0 atom stereocenters. The van der Waals surface area contributed by atoms with Gasteiger partial charge in [-0.3, -0.25) is 9.36 Å². The first-order chi connectivity index (χ1) is 12.6. The Labute approximate surface area is 149 Å². The van der Waals surface area contributed by atoms with Crippen molar-refractivity contribution < 1.29 is 18.7 Å². The molecule has 134 valence electrons. The van der Waals surface area contributed by atoms with Crippen molar-refractivity contribution in [3.8, 4) is 22.8 Å². The van der Waals surface area contributed by atoms with Crippen molar-refractivity contribution in [3.63, 3.8) is 0 Å². The minimum atomic E-state index is -0.591. The van der Waals surface area contributed by atoms with Gasteiger partial charge >= 0.3 is 5.76 Å². The number of ether oxygens (including phenoxy) is 2. The number of nitrogens with zero attached hydrogens (tertiary/aromatic N) is 1. The van der Waals surface area contributed by atoms with Crippen LogP contribution in [0.2, 0.25) is 0 Å². The topological polar surface area (TPSA) is 82.7 Å². The highest BCUT2D eigenvalue weighted by Crippen LogP contribution is 2.29. The van der Waals surface area contributed by atoms with Gasteiger partial charge in [0.05, 0.1) is 20.4 Å². The van der Waals surface area contributed by atoms with Gasteiger partial charge in [-0.05, 0) is 12.1 Å². The summed E-state index contributed by atoms with van der Waals surface area (Å²) in [6.07, 6.45) is 1.52. The van der Waals surface area contributed by atoms with Gasteiger partial charge in [0.1, 0.15) is 6.54 Å². The van der Waals surface area contributed by atoms with Gasteiger partial charge in [0.2, 0.25) is 5.91 Å². The summed E-state index contributed by atoms with van der Waals surface area (Å²) in [4.78, 5) is 24.2. The predicted octanol–water partition coefficient (Wildman–Crippen LogP) is 2.76. The maximum absolute atomic E-state index is 12.2. The fourth-order valence-electron chi connectivity index (χ4n) is 2.49. The fraction of sp³-hybridized carbons (Fsp3) is 0.158. The summed E-state index contributed by atoms with van der Waals surface area (Å²) >= 11 is 0. The van der Waals surface area contributed by atoms with Crippen molar-refractivity contribution in [2.24, 2.45) is 0 Å². The molecule has 0 aliphatic heterocycles. The molecule has 0 radical (unpaired) electrons. The average molecular weight is 354 g/mol. The molecular formula is C19H18N2O5. The Morgan fingerprint density at radius 2 is 1.81 bits per heavy atom. The highest BCUT2D eigenvalue weighted by atomic mass is 16.5. The zero-order chi connectivity index (χ0) is 18.5. The molecule has 26 heavy (non-hydrogen) atoms. The van der Waals surface area contributed by atoms with Crippen molar-refractivity contribution in [2.75, 3.05) is 19.5 Å². The van der Waals surface area contributed by atoms with Gasteiger partial charge in [-0.25, -0.2) is 4.79 Å². The molecule has 0 bridgehead atoms. The lowest BCUT2D eigenvalue weighted by atomic mass is 10.2. The van der Waals surface area contributed by atoms with Crippen LogP contribution < -0.4 is 20.5 Å². The van der Waals surface area contributed by atoms with E-state index in [-0.39, 0.29) is 12.5 Å². The summed E-state index contributed by atoms with van der Waals surface area (Å²) in [6, 6.07) is 14.2. The van der Waals surface area contributed by atoms with E-state index in [9.17, 15) is 9.59 Å². The van der Waals surface area contributed by atoms with Crippen molar-refractivity contribution >= 4 is 11.6 Å². The van der Waals surface area contributed by atoms with Crippen LogP contribution in [0.1, 0.15) is 0 Å². The molecule has 1 N–H and O–H groups in total. The Hall–Kier alpha value is -3.48. The van der Waals surface area contributed by atoms with Gasteiger partial charge < -0.3 is 19.2 Å². The number of hydrogen-bond acceptors (Lipinski definition) is 5. The summed E-state index contributed by atoms with van der Waals surface area (Å²) in [5, 5.41) is 2.72. The largest absolute Gasteiger partial charge is 0.493 e. The van der Waals surface area contributed by atoms with Crippen LogP contribution in [-0.2, 0) is 11.3 Å². The maximum Gasteiger partial charge on any atom is 0.419 e. The number of anilines is 1. The molecule has 1 aromatic heterocycles. The fourth-order valence-corrected chi connectivity index (χ4v) is 2.49. The number of nitrogens with one attached hydrogen (secondary N) is 1. The van der Waals surface area contributed by atoms with E-state index in [2.05, 4.69) is 5.32 Å². The molecular weight excluding hydrogens is 336 g/mol. The number of rotatable bonds is 6. The van der Waals surface area contributed by atoms with E-state index in [1.54, 1.807) is 18.2 Å². The summed E-state index contributed by atoms with van der Waals surface area (Å²) in [5.41, 5.74) is 1.30. The summed E-state index contributed by atoms with van der Waals surface area (Å²) in [7, 11) is 3.05. The van der Waals surface area contributed by atoms with Gasteiger partial charge in [-0.1, -0.05) is 30.3 Å². The number of methoxy groups -OCH3 is 2. The molecule has 3 aromatic rings. The normalized spacial score (nSPS) is 10.4. The number of carbonyl (C=O) groups is 1. The third-order valence-electron chi connectivity index (χ3n) is 3.74. The van der Waals surface area contributed by atoms with Gasteiger partial charge in [0, 0.05) is 17.3 Å². The van der Waals surface area contributed by atoms with Crippen LogP contribution in [0.3, 0.4) is 0 Å². The lowest BCUT2D eigenvalue weighted by Gasteiger charge is -2.10. The molecule has 0 spiro atoms. The van der Waals surface area contributed by atoms with E-state index in [0.717, 1.165) is 5.56 Å². The first-order valence-electron chi connectivity index (χ1n) is 7.88. The molecule has 0 aliphatic rings. The van der Waals surface area contributed by atoms with Crippen LogP contribution in [0.25, 0.3) is 11.3 Å². The Morgan fingerprint density at radius 1 is 1.08 bits per heavy atom. The second-order valence-corrected chi connectivity index (χ2v) is 5.47. The van der Waals surface area contributed by atoms with E-state index in [1.165, 1.54) is 25.0 Å². The SMILES string of the molecule is COc1ccc(NC(=O)Cn2cc(-c3ccccc3)oc2=O)cc1OC. The van der Waals surface area contributed by atoms with E-state index in [1.807, 2.05) is 30.3 Å². The minimum absolute atomic E-state index is 0.163. The quantitative estimate of drug-likeness (QED) is 0.736. The number of aromatic nitrogens is 1. The second kappa shape index (κ2) is 7.60. The average Bonchev–Trinajstić information content (AvgIpc) is 3.02. The van der Waals surface area contributed by atoms with E-state index >= 15 is 0 Å². The van der Waals surface area contributed by atoms with Gasteiger partial charge in [0.25, 0.3) is 0 Å². The monoisotopic (exact) mass is 354 g/mol. The lowest BCUT2D eigenvalue weighted by molar-refractivity contribution is -0.116. The Bertz CT molecular complexity index is 960. The van der Waals surface area contributed by atoms with E-state index in [4.69, 9.17) is 13.9 Å². The Morgan fingerprint density at radius 3 is 2.50 bits per heavy atom. The van der Waals surface area contributed by atoms with Crippen LogP contribution >= 0.6 is 0 Å². The Balaban J connectivity index is 1.73. The molecule has 0 aliphatic carbocycles. The highest BCUT2D eigenvalue weighted by molar-refractivity contribution is 5.91. The Kier molecular flexibility index (Phi) is 5.07. The summed E-state index contributed by atoms with van der Waals surface area (Å²) in [6.45, 7) is -0.163.